The van der Waals surface area contributed by atoms with Crippen molar-refractivity contribution in [3.63, 3.8) is 0 Å². The lowest BCUT2D eigenvalue weighted by atomic mass is 10.0. The molecule has 0 fully saturated rings. The van der Waals surface area contributed by atoms with E-state index in [1.807, 2.05) is 0 Å². The van der Waals surface area contributed by atoms with Gasteiger partial charge >= 0.3 is 5.97 Å². The molecule has 0 aromatic heterocycles. The number of carbonyl (C=O) groups excluding carboxylic acids is 1. The third-order valence-corrected chi connectivity index (χ3v) is 7.31. The highest BCUT2D eigenvalue weighted by Gasteiger charge is 2.07. The van der Waals surface area contributed by atoms with Crippen molar-refractivity contribution in [1.29, 1.82) is 0 Å². The Bertz CT molecular complexity index is 392. The van der Waals surface area contributed by atoms with Crippen molar-refractivity contribution < 1.29 is 9.53 Å². The van der Waals surface area contributed by atoms with Crippen LogP contribution >= 0.6 is 0 Å². The number of rotatable bonds is 28. The number of carbonyl (C=O) groups is 1. The SMILES string of the molecule is CCCCCCCCCCCCCCCC(=O)OCC(C)CCCCCCCCCCCCC. The molecule has 0 rings (SSSR count). The lowest BCUT2D eigenvalue weighted by Gasteiger charge is -2.12. The maximum absolute atomic E-state index is 12.0. The minimum Gasteiger partial charge on any atom is -0.465 e. The monoisotopic (exact) mass is 480 g/mol. The first-order chi connectivity index (χ1) is 16.7. The predicted molar refractivity (Wildman–Crippen MR) is 152 cm³/mol. The van der Waals surface area contributed by atoms with Crippen molar-refractivity contribution in [2.24, 2.45) is 5.92 Å². The second-order valence-electron chi connectivity index (χ2n) is 11.1. The van der Waals surface area contributed by atoms with E-state index in [2.05, 4.69) is 20.8 Å². The minimum absolute atomic E-state index is 0.0221. The Hall–Kier alpha value is -0.530. The van der Waals surface area contributed by atoms with Gasteiger partial charge in [-0.25, -0.2) is 0 Å². The smallest absolute Gasteiger partial charge is 0.305 e. The summed E-state index contributed by atoms with van der Waals surface area (Å²) in [6, 6.07) is 0. The maximum Gasteiger partial charge on any atom is 0.305 e. The average Bonchev–Trinajstić information content (AvgIpc) is 2.84. The molecule has 0 bridgehead atoms. The van der Waals surface area contributed by atoms with Crippen molar-refractivity contribution in [1.82, 2.24) is 0 Å². The van der Waals surface area contributed by atoms with Gasteiger partial charge in [0.05, 0.1) is 6.61 Å². The average molecular weight is 481 g/mol. The van der Waals surface area contributed by atoms with Crippen LogP contribution in [-0.2, 0) is 9.53 Å². The fourth-order valence-corrected chi connectivity index (χ4v) is 4.83. The fourth-order valence-electron chi connectivity index (χ4n) is 4.83. The van der Waals surface area contributed by atoms with Gasteiger partial charge in [0.2, 0.25) is 0 Å². The van der Waals surface area contributed by atoms with E-state index in [1.165, 1.54) is 154 Å². The zero-order valence-corrected chi connectivity index (χ0v) is 24.0. The Labute approximate surface area is 215 Å². The number of hydrogen-bond donors (Lipinski definition) is 0. The van der Waals surface area contributed by atoms with Gasteiger partial charge < -0.3 is 4.74 Å². The third kappa shape index (κ3) is 27.7. The van der Waals surface area contributed by atoms with Gasteiger partial charge in [0.25, 0.3) is 0 Å². The molecule has 0 aliphatic heterocycles. The van der Waals surface area contributed by atoms with Crippen molar-refractivity contribution in [3.8, 4) is 0 Å². The largest absolute Gasteiger partial charge is 0.465 e. The van der Waals surface area contributed by atoms with Crippen LogP contribution < -0.4 is 0 Å². The summed E-state index contributed by atoms with van der Waals surface area (Å²) in [5.74, 6) is 0.531. The quantitative estimate of drug-likeness (QED) is 0.0821. The van der Waals surface area contributed by atoms with Crippen LogP contribution in [0.15, 0.2) is 0 Å². The van der Waals surface area contributed by atoms with Gasteiger partial charge in [-0.15, -0.1) is 0 Å². The summed E-state index contributed by atoms with van der Waals surface area (Å²) in [7, 11) is 0. The van der Waals surface area contributed by atoms with Gasteiger partial charge in [0.1, 0.15) is 0 Å². The summed E-state index contributed by atoms with van der Waals surface area (Å²) < 4.78 is 5.52. The van der Waals surface area contributed by atoms with Crippen molar-refractivity contribution >= 4 is 5.97 Å². The normalized spacial score (nSPS) is 12.2. The molecule has 0 saturated heterocycles. The van der Waals surface area contributed by atoms with Gasteiger partial charge in [-0.05, 0) is 18.8 Å². The standard InChI is InChI=1S/C32H64O2/c1-4-6-8-10-12-14-16-17-19-21-23-25-27-29-32(33)34-30-31(3)28-26-24-22-20-18-15-13-11-9-7-5-2/h31H,4-30H2,1-3H3. The van der Waals surface area contributed by atoms with Crippen molar-refractivity contribution in [2.45, 2.75) is 188 Å². The summed E-state index contributed by atoms with van der Waals surface area (Å²) in [4.78, 5) is 12.0. The molecule has 0 spiro atoms. The minimum atomic E-state index is 0.0221. The van der Waals surface area contributed by atoms with Gasteiger partial charge in [-0.3, -0.25) is 4.79 Å². The summed E-state index contributed by atoms with van der Waals surface area (Å²) in [5, 5.41) is 0. The van der Waals surface area contributed by atoms with Gasteiger partial charge in [0.15, 0.2) is 0 Å². The molecule has 34 heavy (non-hydrogen) atoms. The highest BCUT2D eigenvalue weighted by atomic mass is 16.5. The molecule has 0 N–H and O–H groups in total. The Kier molecular flexibility index (Phi) is 28.3. The first-order valence-corrected chi connectivity index (χ1v) is 15.9. The molecule has 0 aliphatic rings. The van der Waals surface area contributed by atoms with E-state index < -0.39 is 0 Å². The summed E-state index contributed by atoms with van der Waals surface area (Å²) >= 11 is 0. The summed E-state index contributed by atoms with van der Waals surface area (Å²) in [6.45, 7) is 7.42. The maximum atomic E-state index is 12.0. The van der Waals surface area contributed by atoms with Crippen LogP contribution in [0.4, 0.5) is 0 Å². The van der Waals surface area contributed by atoms with Crippen molar-refractivity contribution in [3.05, 3.63) is 0 Å². The van der Waals surface area contributed by atoms with Crippen LogP contribution in [0.2, 0.25) is 0 Å². The fraction of sp³-hybridized carbons (Fsp3) is 0.969. The third-order valence-electron chi connectivity index (χ3n) is 7.31. The van der Waals surface area contributed by atoms with Gasteiger partial charge in [-0.2, -0.15) is 0 Å². The highest BCUT2D eigenvalue weighted by molar-refractivity contribution is 5.69. The van der Waals surface area contributed by atoms with Gasteiger partial charge in [-0.1, -0.05) is 168 Å². The van der Waals surface area contributed by atoms with Crippen LogP contribution in [-0.4, -0.2) is 12.6 Å². The number of unbranched alkanes of at least 4 members (excludes halogenated alkanes) is 22. The van der Waals surface area contributed by atoms with Crippen molar-refractivity contribution in [2.75, 3.05) is 6.61 Å². The highest BCUT2D eigenvalue weighted by Crippen LogP contribution is 2.16. The number of esters is 1. The Morgan fingerprint density at radius 3 is 1.21 bits per heavy atom. The van der Waals surface area contributed by atoms with E-state index in [0.717, 1.165) is 6.42 Å². The molecular formula is C32H64O2. The Morgan fingerprint density at radius 2 is 0.824 bits per heavy atom. The van der Waals surface area contributed by atoms with Gasteiger partial charge in [0, 0.05) is 6.42 Å². The molecule has 0 aromatic carbocycles. The zero-order chi connectivity index (χ0) is 25.0. The molecular weight excluding hydrogens is 416 g/mol. The molecule has 0 aromatic rings. The summed E-state index contributed by atoms with van der Waals surface area (Å²) in [5.41, 5.74) is 0. The molecule has 1 unspecified atom stereocenters. The molecule has 0 saturated carbocycles. The van der Waals surface area contributed by atoms with Crippen LogP contribution in [0.5, 0.6) is 0 Å². The van der Waals surface area contributed by atoms with E-state index in [9.17, 15) is 4.79 Å². The molecule has 0 heterocycles. The second kappa shape index (κ2) is 28.7. The Morgan fingerprint density at radius 1 is 0.500 bits per heavy atom. The topological polar surface area (TPSA) is 26.3 Å². The van der Waals surface area contributed by atoms with E-state index in [-0.39, 0.29) is 5.97 Å². The zero-order valence-electron chi connectivity index (χ0n) is 24.0. The van der Waals surface area contributed by atoms with Crippen LogP contribution in [0, 0.1) is 5.92 Å². The molecule has 0 radical (unpaired) electrons. The molecule has 2 nitrogen and oxygen atoms in total. The van der Waals surface area contributed by atoms with E-state index in [0.29, 0.717) is 18.9 Å². The first-order valence-electron chi connectivity index (χ1n) is 15.9. The van der Waals surface area contributed by atoms with E-state index in [4.69, 9.17) is 4.74 Å². The molecule has 204 valence electrons. The first kappa shape index (κ1) is 33.5. The molecule has 0 aliphatic carbocycles. The van der Waals surface area contributed by atoms with E-state index >= 15 is 0 Å². The lowest BCUT2D eigenvalue weighted by molar-refractivity contribution is -0.145. The van der Waals surface area contributed by atoms with Crippen LogP contribution in [0.1, 0.15) is 188 Å². The Balaban J connectivity index is 3.28. The molecule has 2 heteroatoms. The number of hydrogen-bond acceptors (Lipinski definition) is 2. The lowest BCUT2D eigenvalue weighted by Crippen LogP contribution is -2.11. The second-order valence-corrected chi connectivity index (χ2v) is 11.1. The number of ether oxygens (including phenoxy) is 1. The van der Waals surface area contributed by atoms with Crippen LogP contribution in [0.3, 0.4) is 0 Å². The predicted octanol–water partition coefficient (Wildman–Crippen LogP) is 11.3. The van der Waals surface area contributed by atoms with E-state index in [1.54, 1.807) is 0 Å². The summed E-state index contributed by atoms with van der Waals surface area (Å²) in [6.07, 6.45) is 34.5. The van der Waals surface area contributed by atoms with Crippen LogP contribution in [0.25, 0.3) is 0 Å². The molecule has 0 amide bonds. The molecule has 1 atom stereocenters.